The number of nitrogens with one attached hydrogen (secondary N) is 1. The van der Waals surface area contributed by atoms with Crippen LogP contribution in [-0.2, 0) is 4.79 Å². The molecule has 0 saturated heterocycles. The van der Waals surface area contributed by atoms with Crippen molar-refractivity contribution >= 4 is 17.6 Å². The zero-order valence-corrected chi connectivity index (χ0v) is 11.3. The molecule has 0 heterocycles. The number of amides is 1. The maximum atomic E-state index is 12.2. The number of nitrogens with two attached hydrogens (primary N) is 1. The summed E-state index contributed by atoms with van der Waals surface area (Å²) in [6.07, 6.45) is 3.69. The van der Waals surface area contributed by atoms with Gasteiger partial charge >= 0.3 is 5.97 Å². The van der Waals surface area contributed by atoms with Crippen LogP contribution >= 0.6 is 0 Å². The van der Waals surface area contributed by atoms with Gasteiger partial charge in [0.15, 0.2) is 0 Å². The van der Waals surface area contributed by atoms with Gasteiger partial charge < -0.3 is 16.2 Å². The van der Waals surface area contributed by atoms with E-state index in [1.807, 2.05) is 0 Å². The molecule has 0 bridgehead atoms. The van der Waals surface area contributed by atoms with Crippen LogP contribution in [-0.4, -0.2) is 23.5 Å². The van der Waals surface area contributed by atoms with Crippen molar-refractivity contribution in [3.63, 3.8) is 0 Å². The van der Waals surface area contributed by atoms with Gasteiger partial charge in [0.05, 0.1) is 5.56 Å². The minimum absolute atomic E-state index is 0.00582. The molecule has 1 saturated carbocycles. The van der Waals surface area contributed by atoms with Gasteiger partial charge in [0.25, 0.3) is 0 Å². The lowest BCUT2D eigenvalue weighted by Gasteiger charge is -2.26. The van der Waals surface area contributed by atoms with E-state index in [2.05, 4.69) is 5.32 Å². The molecule has 1 aliphatic carbocycles. The molecule has 108 valence electrons. The number of carboxylic acids is 1. The van der Waals surface area contributed by atoms with Gasteiger partial charge in [-0.05, 0) is 56.3 Å². The van der Waals surface area contributed by atoms with Crippen molar-refractivity contribution < 1.29 is 14.7 Å². The van der Waals surface area contributed by atoms with E-state index in [9.17, 15) is 9.59 Å². The first-order chi connectivity index (χ1) is 9.60. The van der Waals surface area contributed by atoms with E-state index in [4.69, 9.17) is 10.8 Å². The molecule has 1 aromatic carbocycles. The fourth-order valence-electron chi connectivity index (χ4n) is 2.63. The number of carboxylic acid groups (broad SMARTS) is 1. The standard InChI is InChI=1S/C15H20N2O3/c16-9-10-4-6-11(7-5-10)14(18)17-13-3-1-2-12(8-13)15(19)20/h1-3,8,10-11H,4-7,9,16H2,(H,17,18)(H,19,20). The molecule has 5 nitrogen and oxygen atoms in total. The Morgan fingerprint density at radius 2 is 1.95 bits per heavy atom. The molecule has 1 fully saturated rings. The van der Waals surface area contributed by atoms with Crippen molar-refractivity contribution in [2.24, 2.45) is 17.6 Å². The lowest BCUT2D eigenvalue weighted by molar-refractivity contribution is -0.121. The van der Waals surface area contributed by atoms with Crippen LogP contribution < -0.4 is 11.1 Å². The molecule has 1 amide bonds. The Balaban J connectivity index is 1.95. The van der Waals surface area contributed by atoms with Crippen LogP contribution in [0.3, 0.4) is 0 Å². The molecule has 5 heteroatoms. The highest BCUT2D eigenvalue weighted by molar-refractivity contribution is 5.95. The summed E-state index contributed by atoms with van der Waals surface area (Å²) in [6.45, 7) is 0.689. The zero-order valence-electron chi connectivity index (χ0n) is 11.3. The Morgan fingerprint density at radius 3 is 2.55 bits per heavy atom. The zero-order chi connectivity index (χ0) is 14.5. The van der Waals surface area contributed by atoms with Crippen LogP contribution in [0.4, 0.5) is 5.69 Å². The average Bonchev–Trinajstić information content (AvgIpc) is 2.47. The number of benzene rings is 1. The molecule has 1 aromatic rings. The number of hydrogen-bond donors (Lipinski definition) is 3. The largest absolute Gasteiger partial charge is 0.478 e. The predicted octanol–water partition coefficient (Wildman–Crippen LogP) is 2.09. The highest BCUT2D eigenvalue weighted by Gasteiger charge is 2.25. The van der Waals surface area contributed by atoms with E-state index in [1.165, 1.54) is 12.1 Å². The molecule has 20 heavy (non-hydrogen) atoms. The normalized spacial score (nSPS) is 22.2. The summed E-state index contributed by atoms with van der Waals surface area (Å²) in [5.41, 5.74) is 6.35. The summed E-state index contributed by atoms with van der Waals surface area (Å²) in [7, 11) is 0. The number of aromatic carboxylic acids is 1. The first-order valence-electron chi connectivity index (χ1n) is 6.94. The van der Waals surface area contributed by atoms with Crippen molar-refractivity contribution in [3.8, 4) is 0 Å². The lowest BCUT2D eigenvalue weighted by Crippen LogP contribution is -2.29. The number of rotatable bonds is 4. The third kappa shape index (κ3) is 3.57. The maximum absolute atomic E-state index is 12.2. The topological polar surface area (TPSA) is 92.4 Å². The fourth-order valence-corrected chi connectivity index (χ4v) is 2.63. The van der Waals surface area contributed by atoms with Gasteiger partial charge in [-0.15, -0.1) is 0 Å². The fraction of sp³-hybridized carbons (Fsp3) is 0.467. The Kier molecular flexibility index (Phi) is 4.74. The molecule has 0 spiro atoms. The van der Waals surface area contributed by atoms with Crippen molar-refractivity contribution in [3.05, 3.63) is 29.8 Å². The summed E-state index contributed by atoms with van der Waals surface area (Å²) < 4.78 is 0. The van der Waals surface area contributed by atoms with Crippen LogP contribution in [0.15, 0.2) is 24.3 Å². The molecule has 0 radical (unpaired) electrons. The summed E-state index contributed by atoms with van der Waals surface area (Å²) in [6, 6.07) is 6.32. The van der Waals surface area contributed by atoms with E-state index in [0.29, 0.717) is 18.2 Å². The minimum atomic E-state index is -0.996. The van der Waals surface area contributed by atoms with Gasteiger partial charge in [0.2, 0.25) is 5.91 Å². The Hall–Kier alpha value is -1.88. The van der Waals surface area contributed by atoms with Gasteiger partial charge in [-0.25, -0.2) is 4.79 Å². The van der Waals surface area contributed by atoms with Gasteiger partial charge in [-0.3, -0.25) is 4.79 Å². The molecule has 0 aromatic heterocycles. The van der Waals surface area contributed by atoms with Gasteiger partial charge in [-0.2, -0.15) is 0 Å². The van der Waals surface area contributed by atoms with Gasteiger partial charge in [0.1, 0.15) is 0 Å². The second kappa shape index (κ2) is 6.52. The summed E-state index contributed by atoms with van der Waals surface area (Å²) in [5, 5.41) is 11.7. The SMILES string of the molecule is NCC1CCC(C(=O)Nc2cccc(C(=O)O)c2)CC1. The average molecular weight is 276 g/mol. The molecule has 0 unspecified atom stereocenters. The Bertz CT molecular complexity index is 494. The molecule has 0 aliphatic heterocycles. The quantitative estimate of drug-likeness (QED) is 0.785. The third-order valence-electron chi connectivity index (χ3n) is 3.93. The molecule has 1 aliphatic rings. The number of carbonyl (C=O) groups excluding carboxylic acids is 1. The van der Waals surface area contributed by atoms with Crippen LogP contribution in [0.25, 0.3) is 0 Å². The van der Waals surface area contributed by atoms with Crippen molar-refractivity contribution in [1.82, 2.24) is 0 Å². The highest BCUT2D eigenvalue weighted by atomic mass is 16.4. The van der Waals surface area contributed by atoms with Crippen molar-refractivity contribution in [2.45, 2.75) is 25.7 Å². The minimum Gasteiger partial charge on any atom is -0.478 e. The Labute approximate surface area is 118 Å². The maximum Gasteiger partial charge on any atom is 0.335 e. The van der Waals surface area contributed by atoms with Crippen LogP contribution in [0.2, 0.25) is 0 Å². The second-order valence-corrected chi connectivity index (χ2v) is 5.33. The molecule has 0 atom stereocenters. The van der Waals surface area contributed by atoms with Crippen LogP contribution in [0, 0.1) is 11.8 Å². The van der Waals surface area contributed by atoms with Crippen molar-refractivity contribution in [2.75, 3.05) is 11.9 Å². The highest BCUT2D eigenvalue weighted by Crippen LogP contribution is 2.29. The smallest absolute Gasteiger partial charge is 0.335 e. The molecular weight excluding hydrogens is 256 g/mol. The number of carbonyl (C=O) groups is 2. The van der Waals surface area contributed by atoms with E-state index in [1.54, 1.807) is 12.1 Å². The first kappa shape index (κ1) is 14.5. The number of hydrogen-bond acceptors (Lipinski definition) is 3. The predicted molar refractivity (Wildman–Crippen MR) is 76.5 cm³/mol. The van der Waals surface area contributed by atoms with Gasteiger partial charge in [-0.1, -0.05) is 6.07 Å². The molecule has 2 rings (SSSR count). The molecular formula is C15H20N2O3. The van der Waals surface area contributed by atoms with E-state index >= 15 is 0 Å². The third-order valence-corrected chi connectivity index (χ3v) is 3.93. The summed E-state index contributed by atoms with van der Waals surface area (Å²) in [4.78, 5) is 23.0. The van der Waals surface area contributed by atoms with Crippen LogP contribution in [0.1, 0.15) is 36.0 Å². The Morgan fingerprint density at radius 1 is 1.25 bits per heavy atom. The summed E-state index contributed by atoms with van der Waals surface area (Å²) in [5.74, 6) is -0.478. The van der Waals surface area contributed by atoms with E-state index in [-0.39, 0.29) is 17.4 Å². The first-order valence-corrected chi connectivity index (χ1v) is 6.94. The molecule has 4 N–H and O–H groups in total. The van der Waals surface area contributed by atoms with Crippen molar-refractivity contribution in [1.29, 1.82) is 0 Å². The lowest BCUT2D eigenvalue weighted by atomic mass is 9.81. The number of anilines is 1. The van der Waals surface area contributed by atoms with E-state index in [0.717, 1.165) is 25.7 Å². The summed E-state index contributed by atoms with van der Waals surface area (Å²) >= 11 is 0. The van der Waals surface area contributed by atoms with Crippen LogP contribution in [0.5, 0.6) is 0 Å². The monoisotopic (exact) mass is 276 g/mol. The van der Waals surface area contributed by atoms with Gasteiger partial charge in [0, 0.05) is 11.6 Å². The van der Waals surface area contributed by atoms with E-state index < -0.39 is 5.97 Å². The second-order valence-electron chi connectivity index (χ2n) is 5.33.